The van der Waals surface area contributed by atoms with Crippen molar-refractivity contribution in [3.63, 3.8) is 0 Å². The number of benzene rings is 1. The molecule has 1 aromatic carbocycles. The Kier molecular flexibility index (Phi) is 4.36. The number of carbonyl (C=O) groups excluding carboxylic acids is 1. The molecule has 23 heavy (non-hydrogen) atoms. The zero-order valence-corrected chi connectivity index (χ0v) is 12.9. The molecule has 6 heteroatoms. The lowest BCUT2D eigenvalue weighted by molar-refractivity contribution is -0.137. The van der Waals surface area contributed by atoms with E-state index >= 15 is 0 Å². The molecule has 126 valence electrons. The Morgan fingerprint density at radius 3 is 2.70 bits per heavy atom. The van der Waals surface area contributed by atoms with Gasteiger partial charge in [0.1, 0.15) is 0 Å². The summed E-state index contributed by atoms with van der Waals surface area (Å²) in [5.41, 5.74) is -0.316. The second-order valence-corrected chi connectivity index (χ2v) is 6.61. The van der Waals surface area contributed by atoms with Crippen LogP contribution < -0.4 is 10.6 Å². The quantitative estimate of drug-likeness (QED) is 0.896. The SMILES string of the molecule is O=C(NCc1ccc(C(F)(F)F)cc1)[C@@]12CCCC[C@H]1CNC2. The van der Waals surface area contributed by atoms with Gasteiger partial charge >= 0.3 is 6.18 Å². The largest absolute Gasteiger partial charge is 0.416 e. The minimum atomic E-state index is -4.33. The number of alkyl halides is 3. The summed E-state index contributed by atoms with van der Waals surface area (Å²) >= 11 is 0. The average Bonchev–Trinajstić information content (AvgIpc) is 2.97. The van der Waals surface area contributed by atoms with Gasteiger partial charge < -0.3 is 10.6 Å². The van der Waals surface area contributed by atoms with E-state index in [2.05, 4.69) is 10.6 Å². The Labute approximate surface area is 133 Å². The molecule has 1 amide bonds. The first-order valence-electron chi connectivity index (χ1n) is 8.07. The van der Waals surface area contributed by atoms with E-state index in [4.69, 9.17) is 0 Å². The maximum absolute atomic E-state index is 12.7. The molecule has 1 aliphatic carbocycles. The van der Waals surface area contributed by atoms with Gasteiger partial charge in [-0.2, -0.15) is 13.2 Å². The van der Waals surface area contributed by atoms with Gasteiger partial charge in [-0.25, -0.2) is 0 Å². The van der Waals surface area contributed by atoms with Gasteiger partial charge in [-0.15, -0.1) is 0 Å². The summed E-state index contributed by atoms with van der Waals surface area (Å²) in [6.07, 6.45) is -0.137. The summed E-state index contributed by atoms with van der Waals surface area (Å²) in [7, 11) is 0. The lowest BCUT2D eigenvalue weighted by Crippen LogP contribution is -2.47. The molecule has 2 fully saturated rings. The minimum Gasteiger partial charge on any atom is -0.351 e. The van der Waals surface area contributed by atoms with E-state index in [-0.39, 0.29) is 17.9 Å². The molecule has 0 spiro atoms. The van der Waals surface area contributed by atoms with Crippen LogP contribution in [0.4, 0.5) is 13.2 Å². The van der Waals surface area contributed by atoms with Crippen molar-refractivity contribution < 1.29 is 18.0 Å². The number of halogens is 3. The molecule has 2 aliphatic rings. The van der Waals surface area contributed by atoms with Crippen LogP contribution in [0.2, 0.25) is 0 Å². The van der Waals surface area contributed by atoms with Crippen molar-refractivity contribution in [2.45, 2.75) is 38.4 Å². The van der Waals surface area contributed by atoms with Crippen molar-refractivity contribution in [1.82, 2.24) is 10.6 Å². The number of nitrogens with one attached hydrogen (secondary N) is 2. The maximum atomic E-state index is 12.7. The lowest BCUT2D eigenvalue weighted by Gasteiger charge is -2.37. The van der Waals surface area contributed by atoms with Gasteiger partial charge in [0.15, 0.2) is 0 Å². The van der Waals surface area contributed by atoms with E-state index in [1.807, 2.05) is 0 Å². The lowest BCUT2D eigenvalue weighted by atomic mass is 9.67. The number of hydrogen-bond acceptors (Lipinski definition) is 2. The third kappa shape index (κ3) is 3.22. The average molecular weight is 326 g/mol. The van der Waals surface area contributed by atoms with Gasteiger partial charge in [-0.05, 0) is 43.0 Å². The van der Waals surface area contributed by atoms with Gasteiger partial charge in [0.25, 0.3) is 0 Å². The summed E-state index contributed by atoms with van der Waals surface area (Å²) in [6.45, 7) is 1.86. The molecular formula is C17H21F3N2O. The van der Waals surface area contributed by atoms with E-state index in [1.165, 1.54) is 18.6 Å². The first-order chi connectivity index (χ1) is 10.9. The number of fused-ring (bicyclic) bond motifs is 1. The maximum Gasteiger partial charge on any atom is 0.416 e. The molecule has 1 aromatic rings. The summed E-state index contributed by atoms with van der Waals surface area (Å²) < 4.78 is 37.6. The van der Waals surface area contributed by atoms with Crippen molar-refractivity contribution in [3.8, 4) is 0 Å². The van der Waals surface area contributed by atoms with E-state index in [9.17, 15) is 18.0 Å². The van der Waals surface area contributed by atoms with E-state index in [1.54, 1.807) is 0 Å². The van der Waals surface area contributed by atoms with Crippen LogP contribution in [0.3, 0.4) is 0 Å². The van der Waals surface area contributed by atoms with Crippen LogP contribution in [-0.4, -0.2) is 19.0 Å². The molecule has 0 aromatic heterocycles. The van der Waals surface area contributed by atoms with Gasteiger partial charge in [-0.3, -0.25) is 4.79 Å². The molecule has 1 heterocycles. The molecule has 2 N–H and O–H groups in total. The molecule has 0 radical (unpaired) electrons. The second kappa shape index (κ2) is 6.15. The number of amides is 1. The molecular weight excluding hydrogens is 305 g/mol. The number of hydrogen-bond donors (Lipinski definition) is 2. The van der Waals surface area contributed by atoms with Gasteiger partial charge in [0.2, 0.25) is 5.91 Å². The Balaban J connectivity index is 1.63. The summed E-state index contributed by atoms with van der Waals surface area (Å²) in [5.74, 6) is 0.413. The smallest absolute Gasteiger partial charge is 0.351 e. The zero-order valence-electron chi connectivity index (χ0n) is 12.9. The van der Waals surface area contributed by atoms with Crippen LogP contribution in [0, 0.1) is 11.3 Å². The van der Waals surface area contributed by atoms with E-state index in [0.717, 1.165) is 37.9 Å². The van der Waals surface area contributed by atoms with Crippen LogP contribution in [0.25, 0.3) is 0 Å². The summed E-state index contributed by atoms with van der Waals surface area (Å²) in [5, 5.41) is 6.25. The first-order valence-corrected chi connectivity index (χ1v) is 8.07. The Morgan fingerprint density at radius 2 is 2.00 bits per heavy atom. The van der Waals surface area contributed by atoms with Crippen LogP contribution in [0.5, 0.6) is 0 Å². The minimum absolute atomic E-state index is 0.0343. The van der Waals surface area contributed by atoms with Crippen molar-refractivity contribution in [2.24, 2.45) is 11.3 Å². The molecule has 2 atom stereocenters. The second-order valence-electron chi connectivity index (χ2n) is 6.61. The fourth-order valence-electron chi connectivity index (χ4n) is 3.86. The van der Waals surface area contributed by atoms with Crippen molar-refractivity contribution in [3.05, 3.63) is 35.4 Å². The van der Waals surface area contributed by atoms with Crippen molar-refractivity contribution in [2.75, 3.05) is 13.1 Å². The normalized spacial score (nSPS) is 27.5. The molecule has 0 unspecified atom stereocenters. The van der Waals surface area contributed by atoms with Crippen LogP contribution in [0.1, 0.15) is 36.8 Å². The standard InChI is InChI=1S/C17H21F3N2O/c18-17(19,20)13-6-4-12(5-7-13)9-22-15(23)16-8-2-1-3-14(16)10-21-11-16/h4-7,14,21H,1-3,8-11H2,(H,22,23)/t14-,16+/m0/s1. The monoisotopic (exact) mass is 326 g/mol. The Bertz CT molecular complexity index is 570. The molecule has 3 rings (SSSR count). The van der Waals surface area contributed by atoms with Gasteiger partial charge in [0, 0.05) is 13.1 Å². The molecule has 0 bridgehead atoms. The van der Waals surface area contributed by atoms with Crippen LogP contribution in [0.15, 0.2) is 24.3 Å². The molecule has 1 saturated carbocycles. The highest BCUT2D eigenvalue weighted by Crippen LogP contribution is 2.43. The highest BCUT2D eigenvalue weighted by molar-refractivity contribution is 5.83. The van der Waals surface area contributed by atoms with Crippen molar-refractivity contribution >= 4 is 5.91 Å². The summed E-state index contributed by atoms with van der Waals surface area (Å²) in [4.78, 5) is 12.7. The highest BCUT2D eigenvalue weighted by atomic mass is 19.4. The van der Waals surface area contributed by atoms with Crippen LogP contribution in [-0.2, 0) is 17.5 Å². The van der Waals surface area contributed by atoms with Gasteiger partial charge in [0.05, 0.1) is 11.0 Å². The van der Waals surface area contributed by atoms with E-state index in [0.29, 0.717) is 18.0 Å². The first kappa shape index (κ1) is 16.3. The van der Waals surface area contributed by atoms with Gasteiger partial charge in [-0.1, -0.05) is 25.0 Å². The predicted octanol–water partition coefficient (Wildman–Crippen LogP) is 3.10. The Morgan fingerprint density at radius 1 is 1.26 bits per heavy atom. The highest BCUT2D eigenvalue weighted by Gasteiger charge is 2.49. The Hall–Kier alpha value is -1.56. The summed E-state index contributed by atoms with van der Waals surface area (Å²) in [6, 6.07) is 4.96. The molecule has 1 aliphatic heterocycles. The fraction of sp³-hybridized carbons (Fsp3) is 0.588. The predicted molar refractivity (Wildman–Crippen MR) is 80.6 cm³/mol. The third-order valence-corrected chi connectivity index (χ3v) is 5.22. The van der Waals surface area contributed by atoms with E-state index < -0.39 is 11.7 Å². The number of carbonyl (C=O) groups is 1. The van der Waals surface area contributed by atoms with Crippen LogP contribution >= 0.6 is 0 Å². The molecule has 1 saturated heterocycles. The number of rotatable bonds is 3. The molecule has 3 nitrogen and oxygen atoms in total. The third-order valence-electron chi connectivity index (χ3n) is 5.22. The van der Waals surface area contributed by atoms with Crippen molar-refractivity contribution in [1.29, 1.82) is 0 Å². The fourth-order valence-corrected chi connectivity index (χ4v) is 3.86. The zero-order chi connectivity index (χ0) is 16.5. The topological polar surface area (TPSA) is 41.1 Å².